The van der Waals surface area contributed by atoms with Crippen molar-refractivity contribution in [2.24, 2.45) is 0 Å². The van der Waals surface area contributed by atoms with E-state index in [0.717, 1.165) is 11.3 Å². The van der Waals surface area contributed by atoms with E-state index in [2.05, 4.69) is 10.4 Å². The van der Waals surface area contributed by atoms with Crippen LogP contribution in [0.4, 0.5) is 0 Å². The summed E-state index contributed by atoms with van der Waals surface area (Å²) in [5.41, 5.74) is 3.69. The van der Waals surface area contributed by atoms with E-state index in [1.807, 2.05) is 90.6 Å². The molecular formula is C22H20N4O. The molecule has 0 aliphatic heterocycles. The molecule has 0 spiro atoms. The smallest absolute Gasteiger partial charge is 0.256 e. The zero-order valence-electron chi connectivity index (χ0n) is 15.0. The molecule has 1 amide bonds. The maximum absolute atomic E-state index is 12.9. The number of nitrogens with one attached hydrogen (secondary N) is 1. The quantitative estimate of drug-likeness (QED) is 0.590. The SMILES string of the molecule is Cc1ccc(CNC(=O)c2cnn(-c3ccccc3)c2-n2cccc2)cc1. The van der Waals surface area contributed by atoms with E-state index in [1.54, 1.807) is 10.9 Å². The second-order valence-corrected chi connectivity index (χ2v) is 6.39. The average Bonchev–Trinajstić information content (AvgIpc) is 3.37. The van der Waals surface area contributed by atoms with Crippen molar-refractivity contribution in [1.82, 2.24) is 19.7 Å². The van der Waals surface area contributed by atoms with Crippen molar-refractivity contribution in [2.75, 3.05) is 0 Å². The molecule has 0 atom stereocenters. The van der Waals surface area contributed by atoms with Crippen LogP contribution in [0.2, 0.25) is 0 Å². The summed E-state index contributed by atoms with van der Waals surface area (Å²) in [6, 6.07) is 21.8. The number of aryl methyl sites for hydroxylation is 1. The van der Waals surface area contributed by atoms with E-state index in [-0.39, 0.29) is 5.91 Å². The van der Waals surface area contributed by atoms with Crippen LogP contribution in [0.5, 0.6) is 0 Å². The highest BCUT2D eigenvalue weighted by Gasteiger charge is 2.19. The highest BCUT2D eigenvalue weighted by Crippen LogP contribution is 2.20. The van der Waals surface area contributed by atoms with Gasteiger partial charge in [-0.2, -0.15) is 5.10 Å². The minimum atomic E-state index is -0.151. The van der Waals surface area contributed by atoms with Crippen LogP contribution in [0, 0.1) is 6.92 Å². The fraction of sp³-hybridized carbons (Fsp3) is 0.0909. The monoisotopic (exact) mass is 356 g/mol. The van der Waals surface area contributed by atoms with Gasteiger partial charge in [0, 0.05) is 18.9 Å². The van der Waals surface area contributed by atoms with E-state index in [4.69, 9.17) is 0 Å². The molecule has 27 heavy (non-hydrogen) atoms. The van der Waals surface area contributed by atoms with Crippen molar-refractivity contribution in [1.29, 1.82) is 0 Å². The highest BCUT2D eigenvalue weighted by molar-refractivity contribution is 5.97. The number of hydrogen-bond acceptors (Lipinski definition) is 2. The van der Waals surface area contributed by atoms with Gasteiger partial charge in [-0.1, -0.05) is 48.0 Å². The highest BCUT2D eigenvalue weighted by atomic mass is 16.1. The molecule has 0 fully saturated rings. The summed E-state index contributed by atoms with van der Waals surface area (Å²) < 4.78 is 3.68. The zero-order valence-corrected chi connectivity index (χ0v) is 15.0. The first-order valence-electron chi connectivity index (χ1n) is 8.83. The third kappa shape index (κ3) is 3.53. The molecule has 5 nitrogen and oxygen atoms in total. The van der Waals surface area contributed by atoms with Crippen LogP contribution in [-0.4, -0.2) is 20.3 Å². The van der Waals surface area contributed by atoms with Gasteiger partial charge in [-0.15, -0.1) is 0 Å². The topological polar surface area (TPSA) is 51.9 Å². The van der Waals surface area contributed by atoms with Gasteiger partial charge in [-0.05, 0) is 36.8 Å². The van der Waals surface area contributed by atoms with Crippen LogP contribution in [0.1, 0.15) is 21.5 Å². The number of hydrogen-bond donors (Lipinski definition) is 1. The summed E-state index contributed by atoms with van der Waals surface area (Å²) >= 11 is 0. The van der Waals surface area contributed by atoms with E-state index in [9.17, 15) is 4.79 Å². The lowest BCUT2D eigenvalue weighted by Gasteiger charge is -2.11. The van der Waals surface area contributed by atoms with Crippen LogP contribution in [0.15, 0.2) is 85.3 Å². The molecule has 0 bridgehead atoms. The first-order chi connectivity index (χ1) is 13.2. The Morgan fingerprint density at radius 1 is 0.963 bits per heavy atom. The molecular weight excluding hydrogens is 336 g/mol. The van der Waals surface area contributed by atoms with Crippen LogP contribution < -0.4 is 5.32 Å². The predicted molar refractivity (Wildman–Crippen MR) is 105 cm³/mol. The molecule has 134 valence electrons. The Labute approximate surface area is 157 Å². The predicted octanol–water partition coefficient (Wildman–Crippen LogP) is 3.90. The number of carbonyl (C=O) groups excluding carboxylic acids is 1. The summed E-state index contributed by atoms with van der Waals surface area (Å²) in [7, 11) is 0. The Hall–Kier alpha value is -3.60. The second-order valence-electron chi connectivity index (χ2n) is 6.39. The second kappa shape index (κ2) is 7.33. The van der Waals surface area contributed by atoms with Gasteiger partial charge in [-0.25, -0.2) is 4.68 Å². The number of nitrogens with zero attached hydrogens (tertiary/aromatic N) is 3. The molecule has 2 heterocycles. The Morgan fingerprint density at radius 2 is 1.67 bits per heavy atom. The molecule has 0 aliphatic rings. The van der Waals surface area contributed by atoms with Gasteiger partial charge >= 0.3 is 0 Å². The van der Waals surface area contributed by atoms with Crippen LogP contribution in [0.25, 0.3) is 11.5 Å². The molecule has 5 heteroatoms. The van der Waals surface area contributed by atoms with Crippen LogP contribution >= 0.6 is 0 Å². The van der Waals surface area contributed by atoms with Crippen molar-refractivity contribution in [2.45, 2.75) is 13.5 Å². The summed E-state index contributed by atoms with van der Waals surface area (Å²) in [4.78, 5) is 12.9. The van der Waals surface area contributed by atoms with Gasteiger partial charge < -0.3 is 9.88 Å². The molecule has 0 radical (unpaired) electrons. The van der Waals surface area contributed by atoms with Gasteiger partial charge in [-0.3, -0.25) is 4.79 Å². The lowest BCUT2D eigenvalue weighted by molar-refractivity contribution is 0.0951. The summed E-state index contributed by atoms with van der Waals surface area (Å²) in [5.74, 6) is 0.564. The van der Waals surface area contributed by atoms with Crippen molar-refractivity contribution < 1.29 is 4.79 Å². The van der Waals surface area contributed by atoms with E-state index < -0.39 is 0 Å². The van der Waals surface area contributed by atoms with Gasteiger partial charge in [0.25, 0.3) is 5.91 Å². The van der Waals surface area contributed by atoms with Crippen LogP contribution in [0.3, 0.4) is 0 Å². The number of amides is 1. The number of aromatic nitrogens is 3. The molecule has 1 N–H and O–H groups in total. The van der Waals surface area contributed by atoms with Crippen molar-refractivity contribution in [3.63, 3.8) is 0 Å². The maximum Gasteiger partial charge on any atom is 0.256 e. The Kier molecular flexibility index (Phi) is 4.58. The fourth-order valence-corrected chi connectivity index (χ4v) is 2.97. The first-order valence-corrected chi connectivity index (χ1v) is 8.83. The molecule has 0 saturated carbocycles. The largest absolute Gasteiger partial charge is 0.348 e. The summed E-state index contributed by atoms with van der Waals surface area (Å²) in [6.45, 7) is 2.52. The Balaban J connectivity index is 1.65. The molecule has 4 aromatic rings. The molecule has 0 saturated heterocycles. The first kappa shape index (κ1) is 16.8. The summed E-state index contributed by atoms with van der Waals surface area (Å²) in [5, 5.41) is 7.46. The van der Waals surface area contributed by atoms with E-state index >= 15 is 0 Å². The lowest BCUT2D eigenvalue weighted by Crippen LogP contribution is -2.24. The van der Waals surface area contributed by atoms with Crippen molar-refractivity contribution in [3.05, 3.63) is 102 Å². The number of rotatable bonds is 5. The molecule has 0 unspecified atom stereocenters. The molecule has 2 aromatic heterocycles. The van der Waals surface area contributed by atoms with Gasteiger partial charge in [0.1, 0.15) is 5.56 Å². The standard InChI is InChI=1S/C22H20N4O/c1-17-9-11-18(12-10-17)15-23-21(27)20-16-24-26(19-7-3-2-4-8-19)22(20)25-13-5-6-14-25/h2-14,16H,15H2,1H3,(H,23,27). The van der Waals surface area contributed by atoms with Gasteiger partial charge in [0.2, 0.25) is 0 Å². The maximum atomic E-state index is 12.9. The fourth-order valence-electron chi connectivity index (χ4n) is 2.97. The normalized spacial score (nSPS) is 10.7. The third-order valence-electron chi connectivity index (χ3n) is 4.41. The number of para-hydroxylation sites is 1. The zero-order chi connectivity index (χ0) is 18.6. The molecule has 2 aromatic carbocycles. The van der Waals surface area contributed by atoms with Crippen molar-refractivity contribution in [3.8, 4) is 11.5 Å². The number of benzene rings is 2. The lowest BCUT2D eigenvalue weighted by atomic mass is 10.1. The molecule has 4 rings (SSSR count). The average molecular weight is 356 g/mol. The molecule has 0 aliphatic carbocycles. The van der Waals surface area contributed by atoms with E-state index in [1.165, 1.54) is 5.56 Å². The third-order valence-corrected chi connectivity index (χ3v) is 4.41. The van der Waals surface area contributed by atoms with Crippen LogP contribution in [-0.2, 0) is 6.54 Å². The minimum Gasteiger partial charge on any atom is -0.348 e. The van der Waals surface area contributed by atoms with Gasteiger partial charge in [0.05, 0.1) is 11.9 Å². The Morgan fingerprint density at radius 3 is 2.37 bits per heavy atom. The Bertz CT molecular complexity index is 1030. The van der Waals surface area contributed by atoms with E-state index in [0.29, 0.717) is 17.9 Å². The van der Waals surface area contributed by atoms with Crippen molar-refractivity contribution >= 4 is 5.91 Å². The summed E-state index contributed by atoms with van der Waals surface area (Å²) in [6.07, 6.45) is 5.44. The van der Waals surface area contributed by atoms with Gasteiger partial charge in [0.15, 0.2) is 5.82 Å². The number of carbonyl (C=O) groups is 1. The minimum absolute atomic E-state index is 0.151.